The van der Waals surface area contributed by atoms with E-state index in [0.29, 0.717) is 17.4 Å². The van der Waals surface area contributed by atoms with Gasteiger partial charge in [0.15, 0.2) is 0 Å². The average molecular weight is 483 g/mol. The van der Waals surface area contributed by atoms with Crippen molar-refractivity contribution in [3.05, 3.63) is 59.1 Å². The van der Waals surface area contributed by atoms with Crippen molar-refractivity contribution >= 4 is 39.3 Å². The van der Waals surface area contributed by atoms with Gasteiger partial charge in [-0.05, 0) is 43.3 Å². The second kappa shape index (κ2) is 11.5. The molecule has 0 aliphatic rings. The molecule has 3 amide bonds. The summed E-state index contributed by atoms with van der Waals surface area (Å²) in [5.74, 6) is -1.62. The first kappa shape index (κ1) is 25.1. The molecule has 2 rings (SSSR count). The summed E-state index contributed by atoms with van der Waals surface area (Å²) in [6.45, 7) is 1.19. The summed E-state index contributed by atoms with van der Waals surface area (Å²) in [6.07, 6.45) is 0. The molecule has 2 aromatic rings. The smallest absolute Gasteiger partial charge is 0.257 e. The largest absolute Gasteiger partial charge is 0.493 e. The molecular formula is C20H23ClN4O6S. The van der Waals surface area contributed by atoms with Gasteiger partial charge in [0.25, 0.3) is 17.7 Å². The van der Waals surface area contributed by atoms with Crippen LogP contribution in [0.2, 0.25) is 5.02 Å². The van der Waals surface area contributed by atoms with Crippen molar-refractivity contribution in [1.82, 2.24) is 20.5 Å². The lowest BCUT2D eigenvalue weighted by Gasteiger charge is -2.17. The van der Waals surface area contributed by atoms with Crippen molar-refractivity contribution in [3.63, 3.8) is 0 Å². The van der Waals surface area contributed by atoms with Gasteiger partial charge in [-0.15, -0.1) is 0 Å². The number of nitrogens with one attached hydrogen (secondary N) is 3. The van der Waals surface area contributed by atoms with Crippen LogP contribution in [0, 0.1) is 0 Å². The molecule has 0 heterocycles. The minimum atomic E-state index is -3.92. The number of likely N-dealkylation sites (N-methyl/N-ethyl adjacent to an activating group) is 1. The Balaban J connectivity index is 1.82. The number of carbonyl (C=O) groups is 3. The molecule has 0 aliphatic heterocycles. The second-order valence-corrected chi connectivity index (χ2v) is 8.90. The summed E-state index contributed by atoms with van der Waals surface area (Å²) in [7, 11) is -2.69. The summed E-state index contributed by atoms with van der Waals surface area (Å²) in [5, 5.41) is 2.79. The van der Waals surface area contributed by atoms with Gasteiger partial charge in [0.2, 0.25) is 10.0 Å². The van der Waals surface area contributed by atoms with E-state index in [1.165, 1.54) is 31.3 Å². The molecule has 0 bridgehead atoms. The highest BCUT2D eigenvalue weighted by atomic mass is 35.5. The first-order valence-corrected chi connectivity index (χ1v) is 11.3. The number of hydrogen-bond donors (Lipinski definition) is 3. The van der Waals surface area contributed by atoms with Crippen LogP contribution in [0.4, 0.5) is 0 Å². The Hall–Kier alpha value is -3.15. The van der Waals surface area contributed by atoms with Crippen LogP contribution < -0.4 is 20.9 Å². The number of hydrazine groups is 1. The monoisotopic (exact) mass is 482 g/mol. The van der Waals surface area contributed by atoms with Gasteiger partial charge >= 0.3 is 0 Å². The minimum absolute atomic E-state index is 0.0312. The molecule has 0 aromatic heterocycles. The Kier molecular flexibility index (Phi) is 9.00. The van der Waals surface area contributed by atoms with E-state index >= 15 is 0 Å². The molecule has 0 spiro atoms. The van der Waals surface area contributed by atoms with Crippen molar-refractivity contribution in [2.75, 3.05) is 26.7 Å². The molecule has 0 fully saturated rings. The fourth-order valence-electron chi connectivity index (χ4n) is 2.49. The van der Waals surface area contributed by atoms with E-state index in [2.05, 4.69) is 16.2 Å². The number of para-hydroxylation sites is 1. The average Bonchev–Trinajstić information content (AvgIpc) is 2.77. The Bertz CT molecular complexity index is 1080. The van der Waals surface area contributed by atoms with Crippen LogP contribution >= 0.6 is 11.6 Å². The minimum Gasteiger partial charge on any atom is -0.493 e. The molecule has 0 atom stereocenters. The molecule has 3 N–H and O–H groups in total. The fraction of sp³-hybridized carbons (Fsp3) is 0.250. The van der Waals surface area contributed by atoms with Gasteiger partial charge in [-0.3, -0.25) is 25.2 Å². The lowest BCUT2D eigenvalue weighted by Crippen LogP contribution is -2.49. The van der Waals surface area contributed by atoms with E-state index in [9.17, 15) is 22.8 Å². The molecule has 2 aromatic carbocycles. The van der Waals surface area contributed by atoms with Crippen molar-refractivity contribution in [2.24, 2.45) is 0 Å². The third kappa shape index (κ3) is 6.94. The maximum Gasteiger partial charge on any atom is 0.257 e. The Morgan fingerprint density at radius 3 is 2.28 bits per heavy atom. The molecule has 172 valence electrons. The molecule has 32 heavy (non-hydrogen) atoms. The fourth-order valence-corrected chi connectivity index (χ4v) is 3.74. The van der Waals surface area contributed by atoms with Crippen LogP contribution in [-0.4, -0.2) is 57.2 Å². The molecule has 0 saturated heterocycles. The summed E-state index contributed by atoms with van der Waals surface area (Å²) < 4.78 is 31.1. The molecular weight excluding hydrogens is 460 g/mol. The van der Waals surface area contributed by atoms with E-state index in [1.807, 2.05) is 0 Å². The number of amides is 3. The third-order valence-corrected chi connectivity index (χ3v) is 6.14. The third-order valence-electron chi connectivity index (χ3n) is 4.07. The number of halogens is 1. The Morgan fingerprint density at radius 1 is 1.00 bits per heavy atom. The molecule has 10 nitrogen and oxygen atoms in total. The van der Waals surface area contributed by atoms with Crippen molar-refractivity contribution in [2.45, 2.75) is 11.8 Å². The molecule has 0 aliphatic carbocycles. The van der Waals surface area contributed by atoms with E-state index in [-0.39, 0.29) is 10.5 Å². The Labute approximate surface area is 190 Å². The van der Waals surface area contributed by atoms with Crippen LogP contribution in [0.15, 0.2) is 53.4 Å². The van der Waals surface area contributed by atoms with E-state index in [1.54, 1.807) is 31.2 Å². The molecule has 0 radical (unpaired) electrons. The summed E-state index contributed by atoms with van der Waals surface area (Å²) in [5.41, 5.74) is 4.47. The molecule has 0 unspecified atom stereocenters. The standard InChI is InChI=1S/C20H23ClN4O6S/c1-3-31-17-7-5-4-6-16(17)20(28)22-12-18(26)23-24-19(27)13-25(2)32(29,30)15-10-8-14(21)9-11-15/h4-11H,3,12-13H2,1-2H3,(H,22,28)(H,23,26)(H,24,27). The van der Waals surface area contributed by atoms with Crippen LogP contribution in [0.5, 0.6) is 5.75 Å². The van der Waals surface area contributed by atoms with Crippen LogP contribution in [0.25, 0.3) is 0 Å². The number of benzene rings is 2. The number of ether oxygens (including phenoxy) is 1. The summed E-state index contributed by atoms with van der Waals surface area (Å²) in [4.78, 5) is 36.1. The lowest BCUT2D eigenvalue weighted by molar-refractivity contribution is -0.128. The maximum atomic E-state index is 12.5. The maximum absolute atomic E-state index is 12.5. The van der Waals surface area contributed by atoms with Crippen molar-refractivity contribution in [1.29, 1.82) is 0 Å². The first-order valence-electron chi connectivity index (χ1n) is 9.44. The summed E-state index contributed by atoms with van der Waals surface area (Å²) >= 11 is 5.75. The van der Waals surface area contributed by atoms with E-state index < -0.39 is 40.8 Å². The Morgan fingerprint density at radius 2 is 1.62 bits per heavy atom. The first-order chi connectivity index (χ1) is 15.1. The van der Waals surface area contributed by atoms with Gasteiger partial charge in [0.05, 0.1) is 30.2 Å². The quantitative estimate of drug-likeness (QED) is 0.455. The predicted octanol–water partition coefficient (Wildman–Crippen LogP) is 0.937. The van der Waals surface area contributed by atoms with Crippen LogP contribution in [0.3, 0.4) is 0 Å². The highest BCUT2D eigenvalue weighted by Gasteiger charge is 2.23. The number of carbonyl (C=O) groups excluding carboxylic acids is 3. The summed E-state index contributed by atoms with van der Waals surface area (Å²) in [6, 6.07) is 12.0. The zero-order chi connectivity index (χ0) is 23.7. The van der Waals surface area contributed by atoms with Crippen LogP contribution in [0.1, 0.15) is 17.3 Å². The normalized spacial score (nSPS) is 11.0. The van der Waals surface area contributed by atoms with Crippen molar-refractivity contribution in [3.8, 4) is 5.75 Å². The van der Waals surface area contributed by atoms with Crippen LogP contribution in [-0.2, 0) is 19.6 Å². The zero-order valence-corrected chi connectivity index (χ0v) is 19.0. The number of nitrogens with zero attached hydrogens (tertiary/aromatic N) is 1. The van der Waals surface area contributed by atoms with Gasteiger partial charge in [-0.1, -0.05) is 23.7 Å². The number of sulfonamides is 1. The molecule has 0 saturated carbocycles. The molecule has 12 heteroatoms. The van der Waals surface area contributed by atoms with Gasteiger partial charge in [-0.2, -0.15) is 4.31 Å². The number of rotatable bonds is 9. The highest BCUT2D eigenvalue weighted by Crippen LogP contribution is 2.18. The zero-order valence-electron chi connectivity index (χ0n) is 17.4. The highest BCUT2D eigenvalue weighted by molar-refractivity contribution is 7.89. The number of hydrogen-bond acceptors (Lipinski definition) is 6. The lowest BCUT2D eigenvalue weighted by atomic mass is 10.2. The van der Waals surface area contributed by atoms with E-state index in [0.717, 1.165) is 4.31 Å². The predicted molar refractivity (Wildman–Crippen MR) is 117 cm³/mol. The van der Waals surface area contributed by atoms with Gasteiger partial charge in [0, 0.05) is 12.1 Å². The van der Waals surface area contributed by atoms with Gasteiger partial charge in [0.1, 0.15) is 5.75 Å². The second-order valence-electron chi connectivity index (χ2n) is 6.42. The van der Waals surface area contributed by atoms with Gasteiger partial charge in [-0.25, -0.2) is 8.42 Å². The van der Waals surface area contributed by atoms with Gasteiger partial charge < -0.3 is 10.1 Å². The SMILES string of the molecule is CCOc1ccccc1C(=O)NCC(=O)NNC(=O)CN(C)S(=O)(=O)c1ccc(Cl)cc1. The van der Waals surface area contributed by atoms with Crippen molar-refractivity contribution < 1.29 is 27.5 Å². The topological polar surface area (TPSA) is 134 Å². The van der Waals surface area contributed by atoms with E-state index in [4.69, 9.17) is 16.3 Å².